The van der Waals surface area contributed by atoms with Crippen molar-refractivity contribution in [1.82, 2.24) is 10.3 Å². The van der Waals surface area contributed by atoms with Crippen LogP contribution in [-0.2, 0) is 9.59 Å². The number of thioether (sulfide) groups is 1. The number of hydrogen-bond acceptors (Lipinski definition) is 4. The van der Waals surface area contributed by atoms with E-state index >= 15 is 0 Å². The van der Waals surface area contributed by atoms with Crippen molar-refractivity contribution in [2.45, 2.75) is 18.4 Å². The van der Waals surface area contributed by atoms with Crippen molar-refractivity contribution in [1.29, 1.82) is 0 Å². The van der Waals surface area contributed by atoms with Crippen LogP contribution in [0.2, 0.25) is 0 Å². The lowest BCUT2D eigenvalue weighted by Gasteiger charge is -1.96. The van der Waals surface area contributed by atoms with Crippen molar-refractivity contribution < 1.29 is 9.59 Å². The summed E-state index contributed by atoms with van der Waals surface area (Å²) in [5, 5.41) is 3.48. The summed E-state index contributed by atoms with van der Waals surface area (Å²) in [5.74, 6) is 0.132. The molecule has 17 heavy (non-hydrogen) atoms. The van der Waals surface area contributed by atoms with Crippen LogP contribution >= 0.6 is 34.4 Å². The molecule has 0 radical (unpaired) electrons. The molecule has 1 aromatic heterocycles. The van der Waals surface area contributed by atoms with Crippen molar-refractivity contribution in [3.63, 3.8) is 0 Å². The topological polar surface area (TPSA) is 59.1 Å². The van der Waals surface area contributed by atoms with Crippen LogP contribution in [0.1, 0.15) is 13.3 Å². The molecule has 1 N–H and O–H groups in total. The molecule has 94 valence electrons. The summed E-state index contributed by atoms with van der Waals surface area (Å²) in [4.78, 5) is 24.2. The van der Waals surface area contributed by atoms with Gasteiger partial charge in [-0.1, -0.05) is 35.6 Å². The summed E-state index contributed by atoms with van der Waals surface area (Å²) in [6.07, 6.45) is 2.67. The molecular formula is C11H15IN2O2S. The van der Waals surface area contributed by atoms with E-state index in [4.69, 9.17) is 0 Å². The Morgan fingerprint density at radius 3 is 2.82 bits per heavy atom. The maximum Gasteiger partial charge on any atom is 0.229 e. The van der Waals surface area contributed by atoms with E-state index in [1.165, 1.54) is 0 Å². The van der Waals surface area contributed by atoms with E-state index in [2.05, 4.69) is 10.3 Å². The third-order valence-corrected chi connectivity index (χ3v) is 2.77. The lowest BCUT2D eigenvalue weighted by atomic mass is 10.5. The van der Waals surface area contributed by atoms with Gasteiger partial charge in [-0.15, -0.1) is 0 Å². The fourth-order valence-corrected chi connectivity index (χ4v) is 1.42. The Balaban J connectivity index is 0.000000304. The summed E-state index contributed by atoms with van der Waals surface area (Å²) in [5.41, 5.74) is 0.766. The van der Waals surface area contributed by atoms with Crippen molar-refractivity contribution in [2.75, 3.05) is 11.0 Å². The second-order valence-corrected chi connectivity index (χ2v) is 4.47. The molecule has 0 fully saturated rings. The summed E-state index contributed by atoms with van der Waals surface area (Å²) < 4.78 is 0.567. The molecule has 0 aliphatic carbocycles. The van der Waals surface area contributed by atoms with Gasteiger partial charge < -0.3 is 5.32 Å². The maximum atomic E-state index is 10.5. The zero-order valence-electron chi connectivity index (χ0n) is 9.56. The van der Waals surface area contributed by atoms with E-state index in [9.17, 15) is 9.59 Å². The number of alkyl halides is 1. The summed E-state index contributed by atoms with van der Waals surface area (Å²) >= 11 is 3.12. The highest BCUT2D eigenvalue weighted by Crippen LogP contribution is 2.08. The highest BCUT2D eigenvalue weighted by molar-refractivity contribution is 14.1. The molecule has 0 saturated carbocycles. The third-order valence-electron chi connectivity index (χ3n) is 1.50. The summed E-state index contributed by atoms with van der Waals surface area (Å²) in [6, 6.07) is 5.45. The Kier molecular flexibility index (Phi) is 11.4. The van der Waals surface area contributed by atoms with Crippen molar-refractivity contribution in [3.8, 4) is 0 Å². The number of nitrogens with zero attached hydrogens (tertiary/aromatic N) is 1. The highest BCUT2D eigenvalue weighted by Gasteiger charge is 1.91. The number of rotatable bonds is 5. The fourth-order valence-electron chi connectivity index (χ4n) is 0.778. The number of amides is 1. The quantitative estimate of drug-likeness (QED) is 0.376. The minimum absolute atomic E-state index is 0.132. The van der Waals surface area contributed by atoms with E-state index in [1.54, 1.807) is 12.3 Å². The van der Waals surface area contributed by atoms with Crippen LogP contribution in [-0.4, -0.2) is 27.5 Å². The largest absolute Gasteiger partial charge is 0.355 e. The molecule has 0 aliphatic heterocycles. The Morgan fingerprint density at radius 1 is 1.59 bits per heavy atom. The van der Waals surface area contributed by atoms with Gasteiger partial charge in [0.05, 0.1) is 4.43 Å². The minimum atomic E-state index is 0.132. The average molecular weight is 366 g/mol. The first-order valence-corrected chi connectivity index (χ1v) is 7.49. The predicted molar refractivity (Wildman–Crippen MR) is 79.0 cm³/mol. The number of halogens is 1. The third kappa shape index (κ3) is 10.3. The van der Waals surface area contributed by atoms with Crippen LogP contribution < -0.4 is 5.32 Å². The first kappa shape index (κ1) is 16.4. The van der Waals surface area contributed by atoms with Crippen molar-refractivity contribution >= 4 is 45.9 Å². The molecule has 0 unspecified atom stereocenters. The van der Waals surface area contributed by atoms with Crippen molar-refractivity contribution in [2.24, 2.45) is 0 Å². The van der Waals surface area contributed by atoms with E-state index in [1.807, 2.05) is 41.6 Å². The zero-order valence-corrected chi connectivity index (χ0v) is 12.5. The SMILES string of the molecule is CCCNC(=O)CI.O=CSc1ccccn1. The molecule has 0 atom stereocenters. The standard InChI is InChI=1S/C6H5NOS.C5H10INO/c8-5-9-6-3-1-2-4-7-6;1-2-3-7-5(8)4-6/h1-5H;2-4H2,1H3,(H,7,8). The smallest absolute Gasteiger partial charge is 0.229 e. The molecule has 1 aromatic rings. The zero-order chi connectivity index (χ0) is 12.9. The van der Waals surface area contributed by atoms with E-state index in [0.717, 1.165) is 35.4 Å². The monoisotopic (exact) mass is 366 g/mol. The molecule has 0 bridgehead atoms. The van der Waals surface area contributed by atoms with Gasteiger partial charge >= 0.3 is 0 Å². The molecular weight excluding hydrogens is 351 g/mol. The van der Waals surface area contributed by atoms with E-state index < -0.39 is 0 Å². The van der Waals surface area contributed by atoms with Gasteiger partial charge in [-0.3, -0.25) is 9.59 Å². The van der Waals surface area contributed by atoms with Crippen LogP contribution in [0.15, 0.2) is 29.4 Å². The second kappa shape index (κ2) is 11.8. The average Bonchev–Trinajstić information content (AvgIpc) is 2.38. The van der Waals surface area contributed by atoms with E-state index in [-0.39, 0.29) is 5.91 Å². The molecule has 0 spiro atoms. The Labute approximate surface area is 119 Å². The van der Waals surface area contributed by atoms with Gasteiger partial charge in [0.1, 0.15) is 5.03 Å². The molecule has 0 saturated heterocycles. The Bertz CT molecular complexity index is 323. The van der Waals surface area contributed by atoms with Crippen LogP contribution in [0, 0.1) is 0 Å². The van der Waals surface area contributed by atoms with Crippen LogP contribution in [0.4, 0.5) is 0 Å². The second-order valence-electron chi connectivity index (χ2n) is 2.87. The molecule has 0 aromatic carbocycles. The number of nitrogens with one attached hydrogen (secondary N) is 1. The van der Waals surface area contributed by atoms with Gasteiger partial charge in [-0.05, 0) is 30.3 Å². The van der Waals surface area contributed by atoms with Crippen LogP contribution in [0.3, 0.4) is 0 Å². The van der Waals surface area contributed by atoms with Crippen molar-refractivity contribution in [3.05, 3.63) is 24.4 Å². The number of carbonyl (C=O) groups excluding carboxylic acids is 2. The normalized spacial score (nSPS) is 8.82. The lowest BCUT2D eigenvalue weighted by Crippen LogP contribution is -2.24. The van der Waals surface area contributed by atoms with Gasteiger partial charge in [0.25, 0.3) is 0 Å². The molecule has 4 nitrogen and oxygen atoms in total. The fraction of sp³-hybridized carbons (Fsp3) is 0.364. The molecule has 0 aliphatic rings. The predicted octanol–water partition coefficient (Wildman–Crippen LogP) is 2.31. The van der Waals surface area contributed by atoms with Gasteiger partial charge in [0.2, 0.25) is 5.91 Å². The summed E-state index contributed by atoms with van der Waals surface area (Å²) in [7, 11) is 0. The maximum absolute atomic E-state index is 10.5. The number of pyridine rings is 1. The van der Waals surface area contributed by atoms with Gasteiger partial charge in [-0.25, -0.2) is 4.98 Å². The molecule has 1 heterocycles. The van der Waals surface area contributed by atoms with Gasteiger partial charge in [0, 0.05) is 12.7 Å². The summed E-state index contributed by atoms with van der Waals surface area (Å²) in [6.45, 7) is 2.84. The van der Waals surface area contributed by atoms with E-state index in [0.29, 0.717) is 4.43 Å². The molecule has 6 heteroatoms. The van der Waals surface area contributed by atoms with Crippen LogP contribution in [0.5, 0.6) is 0 Å². The highest BCUT2D eigenvalue weighted by atomic mass is 127. The number of carbonyl (C=O) groups is 2. The van der Waals surface area contributed by atoms with Gasteiger partial charge in [-0.2, -0.15) is 0 Å². The number of hydrogen-bond donors (Lipinski definition) is 1. The Morgan fingerprint density at radius 2 is 2.35 bits per heavy atom. The lowest BCUT2D eigenvalue weighted by molar-refractivity contribution is -0.118. The van der Waals surface area contributed by atoms with Crippen LogP contribution in [0.25, 0.3) is 0 Å². The first-order chi connectivity index (χ1) is 8.24. The molecule has 1 rings (SSSR count). The first-order valence-electron chi connectivity index (χ1n) is 5.08. The molecule has 1 amide bonds. The number of aromatic nitrogens is 1. The van der Waals surface area contributed by atoms with Gasteiger partial charge in [0.15, 0.2) is 5.62 Å². The minimum Gasteiger partial charge on any atom is -0.355 e. The Hall–Kier alpha value is -0.630.